The topological polar surface area (TPSA) is 92.5 Å². The van der Waals surface area contributed by atoms with Crippen LogP contribution in [0.2, 0.25) is 0 Å². The highest BCUT2D eigenvalue weighted by molar-refractivity contribution is 6.05. The summed E-state index contributed by atoms with van der Waals surface area (Å²) >= 11 is 0. The number of halogens is 1. The molecule has 3 aromatic rings. The van der Waals surface area contributed by atoms with E-state index in [1.807, 2.05) is 12.1 Å². The Kier molecular flexibility index (Phi) is 5.29. The second kappa shape index (κ2) is 8.49. The molecule has 3 saturated heterocycles. The molecular formula is C26H27FN6O2. The first kappa shape index (κ1) is 21.8. The molecule has 180 valence electrons. The van der Waals surface area contributed by atoms with Gasteiger partial charge in [-0.3, -0.25) is 4.79 Å². The number of amides is 1. The molecule has 0 saturated carbocycles. The Morgan fingerprint density at radius 3 is 2.80 bits per heavy atom. The number of aromatic nitrogens is 2. The van der Waals surface area contributed by atoms with Gasteiger partial charge in [-0.15, -0.1) is 0 Å². The van der Waals surface area contributed by atoms with E-state index in [9.17, 15) is 9.18 Å². The van der Waals surface area contributed by atoms with Gasteiger partial charge in [-0.25, -0.2) is 14.4 Å². The van der Waals surface area contributed by atoms with Crippen LogP contribution >= 0.6 is 0 Å². The van der Waals surface area contributed by atoms with Crippen LogP contribution in [0, 0.1) is 5.82 Å². The smallest absolute Gasteiger partial charge is 0.274 e. The molecule has 0 bridgehead atoms. The minimum Gasteiger partial charge on any atom is -0.496 e. The molecule has 1 aromatic heterocycles. The summed E-state index contributed by atoms with van der Waals surface area (Å²) in [6.07, 6.45) is 2.66. The van der Waals surface area contributed by atoms with E-state index in [2.05, 4.69) is 43.4 Å². The molecule has 0 radical (unpaired) electrons. The number of rotatable bonds is 6. The minimum atomic E-state index is -0.513. The summed E-state index contributed by atoms with van der Waals surface area (Å²) < 4.78 is 19.8. The summed E-state index contributed by atoms with van der Waals surface area (Å²) in [6, 6.07) is 13.5. The summed E-state index contributed by atoms with van der Waals surface area (Å²) in [5.74, 6) is -0.486. The summed E-state index contributed by atoms with van der Waals surface area (Å²) in [4.78, 5) is 26.5. The summed E-state index contributed by atoms with van der Waals surface area (Å²) in [5.41, 5.74) is 3.19. The minimum absolute atomic E-state index is 0.0975. The number of nitrogens with zero attached hydrogens (tertiary/aromatic N) is 4. The molecule has 3 aliphatic heterocycles. The second-order valence-corrected chi connectivity index (χ2v) is 9.27. The Morgan fingerprint density at radius 2 is 2.09 bits per heavy atom. The fourth-order valence-electron chi connectivity index (χ4n) is 5.04. The van der Waals surface area contributed by atoms with E-state index in [0.717, 1.165) is 31.0 Å². The lowest BCUT2D eigenvalue weighted by molar-refractivity contribution is 0.102. The van der Waals surface area contributed by atoms with Crippen LogP contribution in [0.25, 0.3) is 11.4 Å². The van der Waals surface area contributed by atoms with Crippen molar-refractivity contribution in [2.75, 3.05) is 41.9 Å². The number of hydrogen-bond acceptors (Lipinski definition) is 7. The number of anilines is 3. The number of piperazine rings is 1. The maximum atomic E-state index is 14.6. The Hall–Kier alpha value is -3.72. The molecule has 35 heavy (non-hydrogen) atoms. The maximum absolute atomic E-state index is 14.6. The number of fused-ring (bicyclic) bond motifs is 1. The van der Waals surface area contributed by atoms with Crippen LogP contribution in [0.1, 0.15) is 23.8 Å². The van der Waals surface area contributed by atoms with Crippen LogP contribution < -0.4 is 25.2 Å². The molecule has 3 aliphatic rings. The number of nitrogens with one attached hydrogen (secondary N) is 2. The zero-order valence-corrected chi connectivity index (χ0v) is 19.7. The fourth-order valence-corrected chi connectivity index (χ4v) is 5.04. The predicted molar refractivity (Wildman–Crippen MR) is 133 cm³/mol. The van der Waals surface area contributed by atoms with Crippen LogP contribution in [0.15, 0.2) is 48.7 Å². The van der Waals surface area contributed by atoms with Gasteiger partial charge >= 0.3 is 0 Å². The molecular weight excluding hydrogens is 447 g/mol. The third-order valence-corrected chi connectivity index (χ3v) is 7.20. The average Bonchev–Trinajstić information content (AvgIpc) is 3.54. The Labute approximate surface area is 203 Å². The molecule has 1 amide bonds. The zero-order chi connectivity index (χ0) is 24.1. The Balaban J connectivity index is 1.31. The SMILES string of the molecule is COc1cccc(F)c1-c1nccc(C(=O)Nc2ccc(N3CCC3)cc2N2C[C@H]3NC3[C@@H]2C)n1. The van der Waals surface area contributed by atoms with E-state index in [0.29, 0.717) is 23.9 Å². The molecule has 1 unspecified atom stereocenters. The van der Waals surface area contributed by atoms with Gasteiger partial charge in [-0.1, -0.05) is 6.07 Å². The van der Waals surface area contributed by atoms with Gasteiger partial charge in [0, 0.05) is 49.6 Å². The van der Waals surface area contributed by atoms with Gasteiger partial charge in [0.1, 0.15) is 17.3 Å². The van der Waals surface area contributed by atoms with Gasteiger partial charge in [0.15, 0.2) is 5.82 Å². The Morgan fingerprint density at radius 1 is 1.23 bits per heavy atom. The van der Waals surface area contributed by atoms with Crippen LogP contribution in [-0.4, -0.2) is 60.7 Å². The largest absolute Gasteiger partial charge is 0.496 e. The highest BCUT2D eigenvalue weighted by Gasteiger charge is 2.50. The van der Waals surface area contributed by atoms with Gasteiger partial charge in [0.05, 0.1) is 24.0 Å². The van der Waals surface area contributed by atoms with Crippen molar-refractivity contribution in [3.63, 3.8) is 0 Å². The van der Waals surface area contributed by atoms with Crippen LogP contribution in [0.3, 0.4) is 0 Å². The first-order chi connectivity index (χ1) is 17.0. The third kappa shape index (κ3) is 3.85. The first-order valence-corrected chi connectivity index (χ1v) is 11.9. The van der Waals surface area contributed by atoms with Gasteiger partial charge in [0.2, 0.25) is 0 Å². The number of carbonyl (C=O) groups is 1. The monoisotopic (exact) mass is 474 g/mol. The van der Waals surface area contributed by atoms with E-state index in [-0.39, 0.29) is 23.0 Å². The molecule has 8 nitrogen and oxygen atoms in total. The van der Waals surface area contributed by atoms with Crippen LogP contribution in [-0.2, 0) is 0 Å². The van der Waals surface area contributed by atoms with E-state index in [1.165, 1.54) is 37.5 Å². The molecule has 6 rings (SSSR count). The van der Waals surface area contributed by atoms with Gasteiger partial charge in [-0.05, 0) is 49.7 Å². The average molecular weight is 475 g/mol. The normalized spacial score (nSPS) is 22.4. The molecule has 9 heteroatoms. The van der Waals surface area contributed by atoms with Crippen molar-refractivity contribution in [2.45, 2.75) is 31.5 Å². The van der Waals surface area contributed by atoms with Crippen molar-refractivity contribution in [3.8, 4) is 17.1 Å². The molecule has 0 spiro atoms. The van der Waals surface area contributed by atoms with E-state index >= 15 is 0 Å². The van der Waals surface area contributed by atoms with Crippen molar-refractivity contribution in [1.82, 2.24) is 15.3 Å². The molecule has 4 heterocycles. The standard InChI is InChI=1S/C26H27FN6O2/c1-15-24-20(29-24)14-33(15)21-13-16(32-11-4-12-32)7-8-18(21)31-26(34)19-9-10-28-25(30-19)23-17(27)5-3-6-22(23)35-2/h3,5-10,13,15,20,24,29H,4,11-12,14H2,1-2H3,(H,31,34)/t15-,20+,24?/m0/s1. The maximum Gasteiger partial charge on any atom is 0.274 e. The lowest BCUT2D eigenvalue weighted by Gasteiger charge is -2.35. The fraction of sp³-hybridized carbons (Fsp3) is 0.346. The number of methoxy groups -OCH3 is 1. The summed E-state index contributed by atoms with van der Waals surface area (Å²) in [5, 5.41) is 6.55. The van der Waals surface area contributed by atoms with Crippen molar-refractivity contribution < 1.29 is 13.9 Å². The Bertz CT molecular complexity index is 1300. The first-order valence-electron chi connectivity index (χ1n) is 11.9. The lowest BCUT2D eigenvalue weighted by atomic mass is 10.1. The zero-order valence-electron chi connectivity index (χ0n) is 19.7. The molecule has 2 N–H and O–H groups in total. The van der Waals surface area contributed by atoms with Crippen molar-refractivity contribution in [1.29, 1.82) is 0 Å². The van der Waals surface area contributed by atoms with Crippen LogP contribution in [0.5, 0.6) is 5.75 Å². The van der Waals surface area contributed by atoms with Crippen LogP contribution in [0.4, 0.5) is 21.5 Å². The third-order valence-electron chi connectivity index (χ3n) is 7.20. The second-order valence-electron chi connectivity index (χ2n) is 9.27. The van der Waals surface area contributed by atoms with Crippen molar-refractivity contribution >= 4 is 23.0 Å². The van der Waals surface area contributed by atoms with Gasteiger partial charge in [-0.2, -0.15) is 0 Å². The number of benzene rings is 2. The number of ether oxygens (including phenoxy) is 1. The number of hydrogen-bond donors (Lipinski definition) is 2. The molecule has 3 atom stereocenters. The summed E-state index contributed by atoms with van der Waals surface area (Å²) in [6.45, 7) is 5.22. The highest BCUT2D eigenvalue weighted by Crippen LogP contribution is 2.40. The van der Waals surface area contributed by atoms with E-state index in [1.54, 1.807) is 12.1 Å². The molecule has 0 aliphatic carbocycles. The van der Waals surface area contributed by atoms with E-state index < -0.39 is 5.82 Å². The number of carbonyl (C=O) groups excluding carboxylic acids is 1. The summed E-state index contributed by atoms with van der Waals surface area (Å²) in [7, 11) is 1.46. The van der Waals surface area contributed by atoms with Gasteiger partial charge < -0.3 is 25.2 Å². The van der Waals surface area contributed by atoms with Gasteiger partial charge in [0.25, 0.3) is 5.91 Å². The highest BCUT2D eigenvalue weighted by atomic mass is 19.1. The quantitative estimate of drug-likeness (QED) is 0.530. The van der Waals surface area contributed by atoms with E-state index in [4.69, 9.17) is 4.74 Å². The molecule has 2 aromatic carbocycles. The molecule has 3 fully saturated rings. The predicted octanol–water partition coefficient (Wildman–Crippen LogP) is 3.30. The lowest BCUT2D eigenvalue weighted by Crippen LogP contribution is -2.38. The van der Waals surface area contributed by atoms with Crippen molar-refractivity contribution in [3.05, 3.63) is 60.2 Å². The van der Waals surface area contributed by atoms with Crippen molar-refractivity contribution in [2.24, 2.45) is 0 Å².